The average Bonchev–Trinajstić information content (AvgIpc) is 2.84. The fraction of sp³-hybridized carbons (Fsp3) is 0.375. The van der Waals surface area contributed by atoms with Crippen LogP contribution >= 0.6 is 11.3 Å². The van der Waals surface area contributed by atoms with Crippen molar-refractivity contribution in [2.75, 3.05) is 0 Å². The van der Waals surface area contributed by atoms with Crippen molar-refractivity contribution in [1.29, 1.82) is 0 Å². The van der Waals surface area contributed by atoms with Crippen LogP contribution in [0.5, 0.6) is 5.75 Å². The molecule has 2 rings (SSSR count). The lowest BCUT2D eigenvalue weighted by atomic mass is 10.2. The number of nitrogens with one attached hydrogen (secondary N) is 1. The number of benzene rings is 1. The Balaban J connectivity index is 1.82. The van der Waals surface area contributed by atoms with Crippen LogP contribution < -0.4 is 10.1 Å². The SMILES string of the molecule is Cc1nc(CC(=O)N[C@H](C)[C@H](C)Oc2ccccc2)cs1. The zero-order valence-electron chi connectivity index (χ0n) is 12.5. The lowest BCUT2D eigenvalue weighted by Crippen LogP contribution is -2.43. The van der Waals surface area contributed by atoms with Gasteiger partial charge >= 0.3 is 0 Å². The topological polar surface area (TPSA) is 51.2 Å². The lowest BCUT2D eigenvalue weighted by molar-refractivity contribution is -0.121. The Morgan fingerprint density at radius 3 is 2.67 bits per heavy atom. The van der Waals surface area contributed by atoms with E-state index in [1.165, 1.54) is 0 Å². The molecule has 0 unspecified atom stereocenters. The largest absolute Gasteiger partial charge is 0.489 e. The van der Waals surface area contributed by atoms with E-state index in [1.807, 2.05) is 56.5 Å². The predicted molar refractivity (Wildman–Crippen MR) is 84.7 cm³/mol. The van der Waals surface area contributed by atoms with Gasteiger partial charge in [-0.2, -0.15) is 0 Å². The van der Waals surface area contributed by atoms with Crippen molar-refractivity contribution < 1.29 is 9.53 Å². The lowest BCUT2D eigenvalue weighted by Gasteiger charge is -2.22. The van der Waals surface area contributed by atoms with Crippen molar-refractivity contribution in [2.45, 2.75) is 39.3 Å². The first-order chi connectivity index (χ1) is 10.0. The van der Waals surface area contributed by atoms with Gasteiger partial charge in [0.15, 0.2) is 0 Å². The summed E-state index contributed by atoms with van der Waals surface area (Å²) in [6.45, 7) is 5.83. The molecule has 1 amide bonds. The molecule has 0 spiro atoms. The third kappa shape index (κ3) is 4.86. The first-order valence-electron chi connectivity index (χ1n) is 6.96. The highest BCUT2D eigenvalue weighted by Crippen LogP contribution is 2.13. The normalized spacial score (nSPS) is 13.5. The van der Waals surface area contributed by atoms with E-state index in [9.17, 15) is 4.79 Å². The molecule has 112 valence electrons. The minimum atomic E-state index is -0.103. The number of nitrogens with zero attached hydrogens (tertiary/aromatic N) is 1. The van der Waals surface area contributed by atoms with Crippen LogP contribution in [-0.4, -0.2) is 23.0 Å². The van der Waals surface area contributed by atoms with Gasteiger partial charge in [-0.1, -0.05) is 18.2 Å². The van der Waals surface area contributed by atoms with Crippen molar-refractivity contribution in [3.8, 4) is 5.75 Å². The number of ether oxygens (including phenoxy) is 1. The molecule has 2 atom stereocenters. The highest BCUT2D eigenvalue weighted by Gasteiger charge is 2.17. The number of hydrogen-bond donors (Lipinski definition) is 1. The molecular formula is C16H20N2O2S. The van der Waals surface area contributed by atoms with Gasteiger partial charge in [-0.25, -0.2) is 4.98 Å². The van der Waals surface area contributed by atoms with Crippen molar-refractivity contribution in [3.63, 3.8) is 0 Å². The molecule has 5 heteroatoms. The maximum atomic E-state index is 12.0. The van der Waals surface area contributed by atoms with E-state index in [2.05, 4.69) is 10.3 Å². The summed E-state index contributed by atoms with van der Waals surface area (Å²) in [6.07, 6.45) is 0.209. The summed E-state index contributed by atoms with van der Waals surface area (Å²) in [5, 5.41) is 5.86. The van der Waals surface area contributed by atoms with E-state index in [4.69, 9.17) is 4.74 Å². The number of carbonyl (C=O) groups excluding carboxylic acids is 1. The number of rotatable bonds is 6. The molecule has 0 aliphatic carbocycles. The molecule has 0 bridgehead atoms. The van der Waals surface area contributed by atoms with E-state index in [0.717, 1.165) is 16.5 Å². The first kappa shape index (κ1) is 15.5. The molecule has 1 N–H and O–H groups in total. The molecule has 1 heterocycles. The van der Waals surface area contributed by atoms with E-state index < -0.39 is 0 Å². The van der Waals surface area contributed by atoms with Crippen LogP contribution in [0.15, 0.2) is 35.7 Å². The first-order valence-corrected chi connectivity index (χ1v) is 7.84. The Morgan fingerprint density at radius 2 is 2.05 bits per heavy atom. The summed E-state index contributed by atoms with van der Waals surface area (Å²) in [5.41, 5.74) is 0.818. The number of aromatic nitrogens is 1. The summed E-state index contributed by atoms with van der Waals surface area (Å²) in [4.78, 5) is 16.3. The van der Waals surface area contributed by atoms with Gasteiger partial charge in [0.25, 0.3) is 0 Å². The highest BCUT2D eigenvalue weighted by atomic mass is 32.1. The monoisotopic (exact) mass is 304 g/mol. The Morgan fingerprint density at radius 1 is 1.33 bits per heavy atom. The molecule has 1 aromatic heterocycles. The van der Waals surface area contributed by atoms with Crippen LogP contribution in [-0.2, 0) is 11.2 Å². The van der Waals surface area contributed by atoms with Gasteiger partial charge in [0.05, 0.1) is 23.2 Å². The van der Waals surface area contributed by atoms with Gasteiger partial charge in [-0.05, 0) is 32.9 Å². The van der Waals surface area contributed by atoms with Gasteiger partial charge in [0.2, 0.25) is 5.91 Å². The van der Waals surface area contributed by atoms with Gasteiger partial charge in [-0.3, -0.25) is 4.79 Å². The molecule has 2 aromatic rings. The quantitative estimate of drug-likeness (QED) is 0.892. The number of aryl methyl sites for hydroxylation is 1. The average molecular weight is 304 g/mol. The zero-order chi connectivity index (χ0) is 15.2. The maximum absolute atomic E-state index is 12.0. The Hall–Kier alpha value is -1.88. The second-order valence-electron chi connectivity index (χ2n) is 5.03. The summed E-state index contributed by atoms with van der Waals surface area (Å²) < 4.78 is 5.80. The van der Waals surface area contributed by atoms with E-state index in [0.29, 0.717) is 6.42 Å². The van der Waals surface area contributed by atoms with Crippen molar-refractivity contribution >= 4 is 17.2 Å². The summed E-state index contributed by atoms with van der Waals surface area (Å²) in [6, 6.07) is 9.54. The molecule has 4 nitrogen and oxygen atoms in total. The molecule has 0 aliphatic heterocycles. The standard InChI is InChI=1S/C16H20N2O2S/c1-11(12(2)20-15-7-5-4-6-8-15)17-16(19)9-14-10-21-13(3)18-14/h4-8,10-12H,9H2,1-3H3,(H,17,19)/t11-,12+/m1/s1. The Labute approximate surface area is 129 Å². The van der Waals surface area contributed by atoms with Crippen molar-refractivity contribution in [3.05, 3.63) is 46.4 Å². The van der Waals surface area contributed by atoms with E-state index >= 15 is 0 Å². The van der Waals surface area contributed by atoms with Crippen LogP contribution in [0.1, 0.15) is 24.5 Å². The van der Waals surface area contributed by atoms with Gasteiger partial charge in [-0.15, -0.1) is 11.3 Å². The third-order valence-electron chi connectivity index (χ3n) is 3.17. The second-order valence-corrected chi connectivity index (χ2v) is 6.09. The van der Waals surface area contributed by atoms with Crippen molar-refractivity contribution in [1.82, 2.24) is 10.3 Å². The molecule has 0 fully saturated rings. The van der Waals surface area contributed by atoms with Gasteiger partial charge in [0, 0.05) is 5.38 Å². The molecular weight excluding hydrogens is 284 g/mol. The molecule has 1 aromatic carbocycles. The van der Waals surface area contributed by atoms with Crippen LogP contribution in [0.2, 0.25) is 0 Å². The summed E-state index contributed by atoms with van der Waals surface area (Å²) in [5.74, 6) is 0.775. The minimum absolute atomic E-state index is 0.0312. The molecule has 21 heavy (non-hydrogen) atoms. The second kappa shape index (κ2) is 7.22. The van der Waals surface area contributed by atoms with Crippen LogP contribution in [0, 0.1) is 6.92 Å². The maximum Gasteiger partial charge on any atom is 0.226 e. The number of thiazole rings is 1. The Bertz CT molecular complexity index is 583. The molecule has 0 saturated heterocycles. The minimum Gasteiger partial charge on any atom is -0.489 e. The van der Waals surface area contributed by atoms with Crippen LogP contribution in [0.25, 0.3) is 0 Å². The van der Waals surface area contributed by atoms with Crippen molar-refractivity contribution in [2.24, 2.45) is 0 Å². The fourth-order valence-corrected chi connectivity index (χ4v) is 2.50. The number of carbonyl (C=O) groups is 1. The third-order valence-corrected chi connectivity index (χ3v) is 3.99. The van der Waals surface area contributed by atoms with E-state index in [1.54, 1.807) is 11.3 Å². The van der Waals surface area contributed by atoms with E-state index in [-0.39, 0.29) is 18.1 Å². The zero-order valence-corrected chi connectivity index (χ0v) is 13.3. The highest BCUT2D eigenvalue weighted by molar-refractivity contribution is 7.09. The number of para-hydroxylation sites is 1. The van der Waals surface area contributed by atoms with Gasteiger partial charge in [0.1, 0.15) is 11.9 Å². The summed E-state index contributed by atoms with van der Waals surface area (Å²) in [7, 11) is 0. The number of amides is 1. The smallest absolute Gasteiger partial charge is 0.226 e. The summed E-state index contributed by atoms with van der Waals surface area (Å²) >= 11 is 1.56. The fourth-order valence-electron chi connectivity index (χ4n) is 1.89. The van der Waals surface area contributed by atoms with Gasteiger partial charge < -0.3 is 10.1 Å². The van der Waals surface area contributed by atoms with Crippen LogP contribution in [0.4, 0.5) is 0 Å². The molecule has 0 radical (unpaired) electrons. The van der Waals surface area contributed by atoms with Crippen LogP contribution in [0.3, 0.4) is 0 Å². The predicted octanol–water partition coefficient (Wildman–Crippen LogP) is 2.97. The molecule has 0 aliphatic rings. The Kier molecular flexibility index (Phi) is 5.33. The number of hydrogen-bond acceptors (Lipinski definition) is 4. The molecule has 0 saturated carbocycles.